The van der Waals surface area contributed by atoms with E-state index in [-0.39, 0.29) is 17.9 Å². The number of nitrogens with two attached hydrogens (primary N) is 1. The second-order valence-electron chi connectivity index (χ2n) is 4.05. The molecule has 1 aromatic rings. The van der Waals surface area contributed by atoms with E-state index in [1.54, 1.807) is 0 Å². The van der Waals surface area contributed by atoms with E-state index in [9.17, 15) is 22.8 Å². The molecule has 6 nitrogen and oxygen atoms in total. The van der Waals surface area contributed by atoms with Crippen molar-refractivity contribution in [2.24, 2.45) is 5.73 Å². The topological polar surface area (TPSA) is 102 Å². The number of nitrogens with one attached hydrogen (secondary N) is 1. The maximum absolute atomic E-state index is 12.0. The third-order valence-electron chi connectivity index (χ3n) is 2.33. The monoisotopic (exact) mass is 306 g/mol. The van der Waals surface area contributed by atoms with Crippen molar-refractivity contribution in [1.29, 1.82) is 0 Å². The van der Waals surface area contributed by atoms with Crippen molar-refractivity contribution in [3.05, 3.63) is 29.8 Å². The van der Waals surface area contributed by atoms with Crippen LogP contribution in [0, 0.1) is 0 Å². The van der Waals surface area contributed by atoms with Gasteiger partial charge in [-0.3, -0.25) is 9.59 Å². The average molecular weight is 306 g/mol. The van der Waals surface area contributed by atoms with Crippen molar-refractivity contribution in [3.8, 4) is 5.75 Å². The fraction of sp³-hybridized carbons (Fsp3) is 0.333. The lowest BCUT2D eigenvalue weighted by atomic mass is 10.2. The first kappa shape index (κ1) is 16.8. The summed E-state index contributed by atoms with van der Waals surface area (Å²) in [7, 11) is 0. The molecule has 116 valence electrons. The normalized spacial score (nSPS) is 12.6. The van der Waals surface area contributed by atoms with Gasteiger partial charge in [0, 0.05) is 5.56 Å². The number of carbonyl (C=O) groups excluding carboxylic acids is 2. The van der Waals surface area contributed by atoms with Crippen molar-refractivity contribution < 1.29 is 32.6 Å². The second-order valence-corrected chi connectivity index (χ2v) is 4.05. The van der Waals surface area contributed by atoms with Gasteiger partial charge in [-0.15, -0.1) is 0 Å². The molecule has 21 heavy (non-hydrogen) atoms. The summed E-state index contributed by atoms with van der Waals surface area (Å²) in [6, 6.07) is 5.31. The van der Waals surface area contributed by atoms with Crippen LogP contribution in [0.5, 0.6) is 5.75 Å². The van der Waals surface area contributed by atoms with Gasteiger partial charge in [-0.05, 0) is 24.3 Å². The van der Waals surface area contributed by atoms with E-state index in [0.29, 0.717) is 0 Å². The number of benzene rings is 1. The zero-order valence-electron chi connectivity index (χ0n) is 10.7. The summed E-state index contributed by atoms with van der Waals surface area (Å²) in [4.78, 5) is 22.0. The molecular weight excluding hydrogens is 293 g/mol. The number of aliphatic hydroxyl groups is 1. The molecule has 0 fully saturated rings. The minimum Gasteiger partial charge on any atom is -0.484 e. The van der Waals surface area contributed by atoms with Gasteiger partial charge < -0.3 is 20.9 Å². The quantitative estimate of drug-likeness (QED) is 0.699. The lowest BCUT2D eigenvalue weighted by Gasteiger charge is -2.15. The lowest BCUT2D eigenvalue weighted by Crippen LogP contribution is -2.40. The van der Waals surface area contributed by atoms with Crippen LogP contribution in [-0.2, 0) is 4.79 Å². The summed E-state index contributed by atoms with van der Waals surface area (Å²) in [5.74, 6) is -1.17. The molecular formula is C12H13F3N2O4. The van der Waals surface area contributed by atoms with Gasteiger partial charge in [-0.25, -0.2) is 0 Å². The number of alkyl halides is 3. The fourth-order valence-electron chi connectivity index (χ4n) is 1.26. The summed E-state index contributed by atoms with van der Waals surface area (Å²) in [5.41, 5.74) is 4.96. The first-order chi connectivity index (χ1) is 9.70. The number of hydrogen-bond acceptors (Lipinski definition) is 4. The first-order valence-electron chi connectivity index (χ1n) is 5.74. The highest BCUT2D eigenvalue weighted by molar-refractivity contribution is 5.94. The summed E-state index contributed by atoms with van der Waals surface area (Å²) in [6.45, 7) is -1.27. The predicted molar refractivity (Wildman–Crippen MR) is 65.5 cm³/mol. The lowest BCUT2D eigenvalue weighted by molar-refractivity contribution is -0.201. The third kappa shape index (κ3) is 5.69. The number of rotatable bonds is 6. The minimum atomic E-state index is -4.79. The van der Waals surface area contributed by atoms with Gasteiger partial charge in [0.15, 0.2) is 12.7 Å². The van der Waals surface area contributed by atoms with Gasteiger partial charge in [0.05, 0.1) is 6.54 Å². The Hall–Kier alpha value is -2.29. The number of carbonyl (C=O) groups is 2. The van der Waals surface area contributed by atoms with Crippen molar-refractivity contribution in [2.75, 3.05) is 13.2 Å². The Bertz CT molecular complexity index is 502. The third-order valence-corrected chi connectivity index (χ3v) is 2.33. The van der Waals surface area contributed by atoms with Gasteiger partial charge in [0.2, 0.25) is 0 Å². The molecule has 2 amide bonds. The molecule has 1 unspecified atom stereocenters. The number of primary amides is 1. The number of halogens is 3. The van der Waals surface area contributed by atoms with Crippen LogP contribution in [0.1, 0.15) is 10.4 Å². The zero-order valence-corrected chi connectivity index (χ0v) is 10.7. The molecule has 0 aliphatic rings. The SMILES string of the molecule is NC(=O)COc1ccc(C(=O)NCC(O)C(F)(F)F)cc1. The van der Waals surface area contributed by atoms with Crippen LogP contribution in [0.3, 0.4) is 0 Å². The highest BCUT2D eigenvalue weighted by Crippen LogP contribution is 2.19. The second kappa shape index (κ2) is 6.93. The molecule has 1 rings (SSSR count). The standard InChI is InChI=1S/C12H13F3N2O4/c13-12(14,15)9(18)5-17-11(20)7-1-3-8(4-2-7)21-6-10(16)19/h1-4,9,18H,5-6H2,(H2,16,19)(H,17,20). The molecule has 0 heterocycles. The molecule has 4 N–H and O–H groups in total. The van der Waals surface area contributed by atoms with Crippen LogP contribution < -0.4 is 15.8 Å². The van der Waals surface area contributed by atoms with Crippen LogP contribution in [0.2, 0.25) is 0 Å². The fourth-order valence-corrected chi connectivity index (χ4v) is 1.26. The molecule has 1 atom stereocenters. The Morgan fingerprint density at radius 2 is 1.86 bits per heavy atom. The van der Waals surface area contributed by atoms with E-state index in [4.69, 9.17) is 15.6 Å². The van der Waals surface area contributed by atoms with Crippen LogP contribution in [0.15, 0.2) is 24.3 Å². The molecule has 0 aliphatic carbocycles. The summed E-state index contributed by atoms with van der Waals surface area (Å²) in [6.07, 6.45) is -7.42. The van der Waals surface area contributed by atoms with Gasteiger partial charge in [-0.2, -0.15) is 13.2 Å². The van der Waals surface area contributed by atoms with Gasteiger partial charge in [0.25, 0.3) is 11.8 Å². The molecule has 1 aromatic carbocycles. The smallest absolute Gasteiger partial charge is 0.416 e. The van der Waals surface area contributed by atoms with E-state index in [1.807, 2.05) is 5.32 Å². The number of hydrogen-bond donors (Lipinski definition) is 3. The molecule has 0 radical (unpaired) electrons. The molecule has 0 saturated heterocycles. The molecule has 0 spiro atoms. The zero-order chi connectivity index (χ0) is 16.0. The van der Waals surface area contributed by atoms with Crippen LogP contribution in [-0.4, -0.2) is 42.4 Å². The largest absolute Gasteiger partial charge is 0.484 e. The van der Waals surface area contributed by atoms with Crippen molar-refractivity contribution in [2.45, 2.75) is 12.3 Å². The Balaban J connectivity index is 2.53. The Labute approximate surface area is 117 Å². The number of aliphatic hydroxyl groups excluding tert-OH is 1. The van der Waals surface area contributed by atoms with Crippen molar-refractivity contribution >= 4 is 11.8 Å². The average Bonchev–Trinajstić information content (AvgIpc) is 2.41. The number of amides is 2. The maximum atomic E-state index is 12.0. The van der Waals surface area contributed by atoms with Crippen molar-refractivity contribution in [3.63, 3.8) is 0 Å². The first-order valence-corrected chi connectivity index (χ1v) is 5.74. The van der Waals surface area contributed by atoms with Crippen LogP contribution in [0.4, 0.5) is 13.2 Å². The Kier molecular flexibility index (Phi) is 5.53. The van der Waals surface area contributed by atoms with Gasteiger partial charge in [-0.1, -0.05) is 0 Å². The van der Waals surface area contributed by atoms with Gasteiger partial charge in [0.1, 0.15) is 5.75 Å². The van der Waals surface area contributed by atoms with Crippen molar-refractivity contribution in [1.82, 2.24) is 5.32 Å². The predicted octanol–water partition coefficient (Wildman–Crippen LogP) is 0.204. The molecule has 0 saturated carbocycles. The highest BCUT2D eigenvalue weighted by Gasteiger charge is 2.38. The van der Waals surface area contributed by atoms with Gasteiger partial charge >= 0.3 is 6.18 Å². The summed E-state index contributed by atoms with van der Waals surface area (Å²) in [5, 5.41) is 10.7. The van der Waals surface area contributed by atoms with E-state index in [0.717, 1.165) is 0 Å². The van der Waals surface area contributed by atoms with Crippen LogP contribution in [0.25, 0.3) is 0 Å². The summed E-state index contributed by atoms with van der Waals surface area (Å²) < 4.78 is 41.1. The summed E-state index contributed by atoms with van der Waals surface area (Å²) >= 11 is 0. The number of ether oxygens (including phenoxy) is 1. The molecule has 0 aliphatic heterocycles. The highest BCUT2D eigenvalue weighted by atomic mass is 19.4. The molecule has 0 aromatic heterocycles. The van der Waals surface area contributed by atoms with E-state index < -0.39 is 30.6 Å². The Morgan fingerprint density at radius 3 is 2.33 bits per heavy atom. The maximum Gasteiger partial charge on any atom is 0.416 e. The Morgan fingerprint density at radius 1 is 1.29 bits per heavy atom. The molecule has 9 heteroatoms. The van der Waals surface area contributed by atoms with E-state index >= 15 is 0 Å². The van der Waals surface area contributed by atoms with E-state index in [2.05, 4.69) is 0 Å². The van der Waals surface area contributed by atoms with Crippen LogP contribution >= 0.6 is 0 Å². The minimum absolute atomic E-state index is 0.0794. The molecule has 0 bridgehead atoms. The van der Waals surface area contributed by atoms with E-state index in [1.165, 1.54) is 24.3 Å².